The number of hydrogen-bond donors (Lipinski definition) is 2. The lowest BCUT2D eigenvalue weighted by Gasteiger charge is -2.23. The molecule has 2 aromatic heterocycles. The highest BCUT2D eigenvalue weighted by atomic mass is 15.0. The SMILES string of the molecule is CCC(N)(CC)c1nc2ncccc2[nH]1. The van der Waals surface area contributed by atoms with Crippen LogP contribution in [0.25, 0.3) is 11.2 Å². The van der Waals surface area contributed by atoms with E-state index in [9.17, 15) is 0 Å². The van der Waals surface area contributed by atoms with E-state index in [-0.39, 0.29) is 5.54 Å². The molecule has 3 N–H and O–H groups in total. The van der Waals surface area contributed by atoms with Gasteiger partial charge in [-0.05, 0) is 25.0 Å². The van der Waals surface area contributed by atoms with Gasteiger partial charge in [0.25, 0.3) is 0 Å². The molecule has 0 saturated heterocycles. The molecule has 0 aromatic carbocycles. The van der Waals surface area contributed by atoms with Gasteiger partial charge in [-0.2, -0.15) is 0 Å². The smallest absolute Gasteiger partial charge is 0.177 e. The van der Waals surface area contributed by atoms with E-state index in [4.69, 9.17) is 5.73 Å². The number of nitrogens with two attached hydrogens (primary N) is 1. The Morgan fingerprint density at radius 1 is 1.40 bits per heavy atom. The van der Waals surface area contributed by atoms with Crippen molar-refractivity contribution in [2.45, 2.75) is 32.2 Å². The quantitative estimate of drug-likeness (QED) is 0.802. The van der Waals surface area contributed by atoms with Gasteiger partial charge < -0.3 is 10.7 Å². The third-order valence-electron chi connectivity index (χ3n) is 2.99. The van der Waals surface area contributed by atoms with Crippen molar-refractivity contribution in [3.05, 3.63) is 24.2 Å². The molecule has 0 aliphatic rings. The topological polar surface area (TPSA) is 67.6 Å². The summed E-state index contributed by atoms with van der Waals surface area (Å²) < 4.78 is 0. The summed E-state index contributed by atoms with van der Waals surface area (Å²) in [5.41, 5.74) is 7.59. The van der Waals surface area contributed by atoms with E-state index in [0.29, 0.717) is 0 Å². The average Bonchev–Trinajstić information content (AvgIpc) is 2.72. The molecule has 80 valence electrons. The van der Waals surface area contributed by atoms with Crippen LogP contribution < -0.4 is 5.73 Å². The second-order valence-corrected chi connectivity index (χ2v) is 3.82. The van der Waals surface area contributed by atoms with Gasteiger partial charge in [0.2, 0.25) is 0 Å². The van der Waals surface area contributed by atoms with E-state index in [2.05, 4.69) is 28.8 Å². The first-order valence-corrected chi connectivity index (χ1v) is 5.29. The molecule has 0 saturated carbocycles. The number of fused-ring (bicyclic) bond motifs is 1. The summed E-state index contributed by atoms with van der Waals surface area (Å²) in [5.74, 6) is 0.834. The number of H-pyrrole nitrogens is 1. The number of aromatic amines is 1. The van der Waals surface area contributed by atoms with Crippen LogP contribution in [-0.4, -0.2) is 15.0 Å². The molecular weight excluding hydrogens is 188 g/mol. The Morgan fingerprint density at radius 3 is 2.73 bits per heavy atom. The van der Waals surface area contributed by atoms with Crippen LogP contribution in [0.3, 0.4) is 0 Å². The van der Waals surface area contributed by atoms with Crippen molar-refractivity contribution in [1.29, 1.82) is 0 Å². The Kier molecular flexibility index (Phi) is 2.44. The number of rotatable bonds is 3. The van der Waals surface area contributed by atoms with Gasteiger partial charge in [-0.1, -0.05) is 13.8 Å². The molecule has 15 heavy (non-hydrogen) atoms. The van der Waals surface area contributed by atoms with Gasteiger partial charge in [0.1, 0.15) is 5.82 Å². The van der Waals surface area contributed by atoms with Crippen molar-refractivity contribution < 1.29 is 0 Å². The Hall–Kier alpha value is -1.42. The number of imidazole rings is 1. The third-order valence-corrected chi connectivity index (χ3v) is 2.99. The molecule has 4 nitrogen and oxygen atoms in total. The van der Waals surface area contributed by atoms with Crippen LogP contribution in [0, 0.1) is 0 Å². The predicted octanol–water partition coefficient (Wildman–Crippen LogP) is 1.93. The highest BCUT2D eigenvalue weighted by Gasteiger charge is 2.26. The Labute approximate surface area is 88.9 Å². The minimum atomic E-state index is -0.360. The van der Waals surface area contributed by atoms with Gasteiger partial charge >= 0.3 is 0 Å². The van der Waals surface area contributed by atoms with Crippen molar-refractivity contribution in [2.24, 2.45) is 5.73 Å². The fourth-order valence-corrected chi connectivity index (χ4v) is 1.67. The second-order valence-electron chi connectivity index (χ2n) is 3.82. The molecule has 0 atom stereocenters. The largest absolute Gasteiger partial charge is 0.339 e. The van der Waals surface area contributed by atoms with Crippen LogP contribution in [0.5, 0.6) is 0 Å². The summed E-state index contributed by atoms with van der Waals surface area (Å²) in [6.45, 7) is 4.15. The molecule has 0 spiro atoms. The monoisotopic (exact) mass is 204 g/mol. The fraction of sp³-hybridized carbons (Fsp3) is 0.455. The standard InChI is InChI=1S/C11H16N4/c1-3-11(12,4-2)10-14-8-6-5-7-13-9(8)15-10/h5-7H,3-4,12H2,1-2H3,(H,13,14,15). The first-order valence-electron chi connectivity index (χ1n) is 5.29. The van der Waals surface area contributed by atoms with E-state index >= 15 is 0 Å². The van der Waals surface area contributed by atoms with E-state index in [1.807, 2.05) is 12.1 Å². The molecule has 0 radical (unpaired) electrons. The molecule has 0 bridgehead atoms. The molecular formula is C11H16N4. The molecule has 2 heterocycles. The number of pyridine rings is 1. The van der Waals surface area contributed by atoms with Crippen LogP contribution >= 0.6 is 0 Å². The van der Waals surface area contributed by atoms with E-state index in [1.165, 1.54) is 0 Å². The molecule has 0 unspecified atom stereocenters. The van der Waals surface area contributed by atoms with Gasteiger partial charge in [0.05, 0.1) is 11.1 Å². The van der Waals surface area contributed by atoms with Gasteiger partial charge in [-0.15, -0.1) is 0 Å². The van der Waals surface area contributed by atoms with Crippen molar-refractivity contribution in [3.8, 4) is 0 Å². The zero-order valence-electron chi connectivity index (χ0n) is 9.12. The van der Waals surface area contributed by atoms with Crippen LogP contribution in [0.15, 0.2) is 18.3 Å². The van der Waals surface area contributed by atoms with Gasteiger partial charge in [-0.3, -0.25) is 0 Å². The molecule has 0 aliphatic carbocycles. The second kappa shape index (κ2) is 3.62. The van der Waals surface area contributed by atoms with Crippen LogP contribution in [0.2, 0.25) is 0 Å². The van der Waals surface area contributed by atoms with Crippen LogP contribution in [0.1, 0.15) is 32.5 Å². The van der Waals surface area contributed by atoms with Crippen molar-refractivity contribution >= 4 is 11.2 Å². The lowest BCUT2D eigenvalue weighted by atomic mass is 9.93. The zero-order valence-corrected chi connectivity index (χ0v) is 9.12. The number of nitrogens with one attached hydrogen (secondary N) is 1. The summed E-state index contributed by atoms with van der Waals surface area (Å²) in [4.78, 5) is 11.9. The highest BCUT2D eigenvalue weighted by Crippen LogP contribution is 2.24. The van der Waals surface area contributed by atoms with Crippen molar-refractivity contribution in [2.75, 3.05) is 0 Å². The van der Waals surface area contributed by atoms with Crippen molar-refractivity contribution in [3.63, 3.8) is 0 Å². The summed E-state index contributed by atoms with van der Waals surface area (Å²) in [6, 6.07) is 3.85. The molecule has 2 aromatic rings. The maximum Gasteiger partial charge on any atom is 0.177 e. The first kappa shape index (κ1) is 10.1. The number of hydrogen-bond acceptors (Lipinski definition) is 3. The maximum atomic E-state index is 6.26. The minimum absolute atomic E-state index is 0.360. The van der Waals surface area contributed by atoms with Crippen LogP contribution in [0.4, 0.5) is 0 Å². The minimum Gasteiger partial charge on any atom is -0.339 e. The molecule has 0 aliphatic heterocycles. The Morgan fingerprint density at radius 2 is 2.13 bits per heavy atom. The normalized spacial score (nSPS) is 12.2. The maximum absolute atomic E-state index is 6.26. The van der Waals surface area contributed by atoms with Gasteiger partial charge in [0.15, 0.2) is 5.65 Å². The summed E-state index contributed by atoms with van der Waals surface area (Å²) >= 11 is 0. The molecule has 0 fully saturated rings. The summed E-state index contributed by atoms with van der Waals surface area (Å²) in [7, 11) is 0. The third kappa shape index (κ3) is 1.61. The van der Waals surface area contributed by atoms with E-state index in [1.54, 1.807) is 6.20 Å². The molecule has 2 rings (SSSR count). The average molecular weight is 204 g/mol. The van der Waals surface area contributed by atoms with Gasteiger partial charge in [0, 0.05) is 6.20 Å². The number of nitrogens with zero attached hydrogens (tertiary/aromatic N) is 2. The molecule has 4 heteroatoms. The first-order chi connectivity index (χ1) is 7.19. The number of aromatic nitrogens is 3. The van der Waals surface area contributed by atoms with E-state index in [0.717, 1.165) is 29.8 Å². The fourth-order valence-electron chi connectivity index (χ4n) is 1.67. The summed E-state index contributed by atoms with van der Waals surface area (Å²) in [6.07, 6.45) is 3.47. The van der Waals surface area contributed by atoms with Crippen molar-refractivity contribution in [1.82, 2.24) is 15.0 Å². The highest BCUT2D eigenvalue weighted by molar-refractivity contribution is 5.70. The van der Waals surface area contributed by atoms with E-state index < -0.39 is 0 Å². The Bertz CT molecular complexity index is 423. The Balaban J connectivity index is 2.52. The molecule has 0 amide bonds. The lowest BCUT2D eigenvalue weighted by Crippen LogP contribution is -2.36. The van der Waals surface area contributed by atoms with Gasteiger partial charge in [-0.25, -0.2) is 9.97 Å². The zero-order chi connectivity index (χ0) is 10.9. The van der Waals surface area contributed by atoms with Crippen LogP contribution in [-0.2, 0) is 5.54 Å². The summed E-state index contributed by atoms with van der Waals surface area (Å²) in [5, 5.41) is 0. The lowest BCUT2D eigenvalue weighted by molar-refractivity contribution is 0.391. The predicted molar refractivity (Wildman–Crippen MR) is 60.3 cm³/mol.